The van der Waals surface area contributed by atoms with E-state index in [2.05, 4.69) is 22.3 Å². The highest BCUT2D eigenvalue weighted by Gasteiger charge is 2.20. The van der Waals surface area contributed by atoms with Crippen LogP contribution >= 0.6 is 0 Å². The van der Waals surface area contributed by atoms with Crippen LogP contribution in [0.3, 0.4) is 0 Å². The lowest BCUT2D eigenvalue weighted by atomic mass is 9.95. The van der Waals surface area contributed by atoms with Crippen molar-refractivity contribution in [2.24, 2.45) is 5.73 Å². The van der Waals surface area contributed by atoms with E-state index in [-0.39, 0.29) is 12.1 Å². The summed E-state index contributed by atoms with van der Waals surface area (Å²) in [6, 6.07) is 1.92. The molecular formula is C16H24N4O2. The number of carboxylic acids is 1. The van der Waals surface area contributed by atoms with Crippen LogP contribution in [0.4, 0.5) is 0 Å². The van der Waals surface area contributed by atoms with Gasteiger partial charge in [0.05, 0.1) is 5.56 Å². The van der Waals surface area contributed by atoms with Crippen LogP contribution in [0.15, 0.2) is 6.07 Å². The molecular weight excluding hydrogens is 280 g/mol. The van der Waals surface area contributed by atoms with E-state index in [1.165, 1.54) is 25.7 Å². The van der Waals surface area contributed by atoms with Gasteiger partial charge >= 0.3 is 5.97 Å². The third-order valence-electron chi connectivity index (χ3n) is 4.03. The average molecular weight is 304 g/mol. The molecule has 0 aliphatic heterocycles. The molecule has 2 aromatic rings. The van der Waals surface area contributed by atoms with Gasteiger partial charge in [0.2, 0.25) is 0 Å². The van der Waals surface area contributed by atoms with Crippen molar-refractivity contribution in [1.29, 1.82) is 0 Å². The van der Waals surface area contributed by atoms with E-state index in [9.17, 15) is 9.90 Å². The highest BCUT2D eigenvalue weighted by atomic mass is 16.4. The summed E-state index contributed by atoms with van der Waals surface area (Å²) in [7, 11) is 0. The number of aryl methyl sites for hydroxylation is 1. The summed E-state index contributed by atoms with van der Waals surface area (Å²) in [6.45, 7) is 2.41. The van der Waals surface area contributed by atoms with Gasteiger partial charge in [0.15, 0.2) is 0 Å². The van der Waals surface area contributed by atoms with Crippen molar-refractivity contribution in [2.45, 2.75) is 58.4 Å². The largest absolute Gasteiger partial charge is 0.478 e. The van der Waals surface area contributed by atoms with Gasteiger partial charge in [0.1, 0.15) is 11.0 Å². The lowest BCUT2D eigenvalue weighted by Crippen LogP contribution is -2.11. The predicted octanol–water partition coefficient (Wildman–Crippen LogP) is 3.02. The first kappa shape index (κ1) is 16.4. The Labute approximate surface area is 130 Å². The fourth-order valence-electron chi connectivity index (χ4n) is 2.86. The van der Waals surface area contributed by atoms with Crippen molar-refractivity contribution in [1.82, 2.24) is 15.4 Å². The first-order valence-electron chi connectivity index (χ1n) is 7.97. The lowest BCUT2D eigenvalue weighted by molar-refractivity contribution is 0.0697. The van der Waals surface area contributed by atoms with Crippen LogP contribution in [0.5, 0.6) is 0 Å². The predicted molar refractivity (Wildman–Crippen MR) is 85.8 cm³/mol. The number of rotatable bonds is 9. The molecule has 1 heterocycles. The Morgan fingerprint density at radius 2 is 1.95 bits per heavy atom. The number of H-pyrrole nitrogens is 1. The molecule has 6 nitrogen and oxygen atoms in total. The minimum absolute atomic E-state index is 0.190. The van der Waals surface area contributed by atoms with E-state index < -0.39 is 5.97 Å². The summed E-state index contributed by atoms with van der Waals surface area (Å²) < 4.78 is 0. The van der Waals surface area contributed by atoms with Crippen LogP contribution < -0.4 is 5.73 Å². The fraction of sp³-hybridized carbons (Fsp3) is 0.562. The third-order valence-corrected chi connectivity index (χ3v) is 4.03. The Morgan fingerprint density at radius 1 is 1.23 bits per heavy atom. The second-order valence-electron chi connectivity index (χ2n) is 5.61. The number of nitrogens with zero attached hydrogens (tertiary/aromatic N) is 2. The molecule has 0 fully saturated rings. The molecule has 6 heteroatoms. The maximum atomic E-state index is 11.6. The summed E-state index contributed by atoms with van der Waals surface area (Å²) in [6.07, 6.45) is 8.04. The van der Waals surface area contributed by atoms with Gasteiger partial charge in [-0.25, -0.2) is 4.79 Å². The summed E-state index contributed by atoms with van der Waals surface area (Å²) in [5.74, 6) is -0.996. The number of aromatic amines is 1. The van der Waals surface area contributed by atoms with Gasteiger partial charge in [0, 0.05) is 6.54 Å². The molecule has 0 saturated heterocycles. The minimum Gasteiger partial charge on any atom is -0.478 e. The highest BCUT2D eigenvalue weighted by molar-refractivity contribution is 6.02. The smallest absolute Gasteiger partial charge is 0.338 e. The monoisotopic (exact) mass is 304 g/mol. The number of hydrogen-bond donors (Lipinski definition) is 3. The zero-order valence-electron chi connectivity index (χ0n) is 13.1. The first-order chi connectivity index (χ1) is 10.7. The van der Waals surface area contributed by atoms with Gasteiger partial charge in [0.25, 0.3) is 0 Å². The van der Waals surface area contributed by atoms with E-state index in [4.69, 9.17) is 5.73 Å². The van der Waals surface area contributed by atoms with Gasteiger partial charge < -0.3 is 10.8 Å². The maximum Gasteiger partial charge on any atom is 0.338 e. The molecule has 0 aliphatic rings. The Hall–Kier alpha value is -1.95. The van der Waals surface area contributed by atoms with Crippen molar-refractivity contribution >= 4 is 17.0 Å². The molecule has 0 aliphatic carbocycles. The Kier molecular flexibility index (Phi) is 5.89. The van der Waals surface area contributed by atoms with Crippen LogP contribution in [0.2, 0.25) is 0 Å². The first-order valence-corrected chi connectivity index (χ1v) is 7.97. The van der Waals surface area contributed by atoms with Crippen LogP contribution in [-0.4, -0.2) is 26.5 Å². The van der Waals surface area contributed by atoms with Crippen LogP contribution in [-0.2, 0) is 13.0 Å². The summed E-state index contributed by atoms with van der Waals surface area (Å²) in [4.78, 5) is 11.6. The standard InChI is InChI=1S/C16H24N4O2/c1-2-3-4-5-6-7-8-11-9-13-15(19-20-18-13)14(16(21)22)12(11)10-17/h9H,2-8,10,17H2,1H3,(H,21,22)(H,18,19,20). The number of unbranched alkanes of at least 4 members (excludes halogenated alkanes) is 5. The topological polar surface area (TPSA) is 105 Å². The molecule has 0 radical (unpaired) electrons. The number of benzene rings is 1. The van der Waals surface area contributed by atoms with Gasteiger partial charge in [-0.05, 0) is 30.0 Å². The molecule has 4 N–H and O–H groups in total. The summed E-state index contributed by atoms with van der Waals surface area (Å²) in [5.41, 5.74) is 8.63. The number of nitrogens with one attached hydrogen (secondary N) is 1. The van der Waals surface area contributed by atoms with Crippen molar-refractivity contribution in [2.75, 3.05) is 0 Å². The van der Waals surface area contributed by atoms with Crippen LogP contribution in [0.1, 0.15) is 66.9 Å². The molecule has 1 aromatic carbocycles. The molecule has 0 saturated carbocycles. The highest BCUT2D eigenvalue weighted by Crippen LogP contribution is 2.25. The summed E-state index contributed by atoms with van der Waals surface area (Å²) >= 11 is 0. The van der Waals surface area contributed by atoms with E-state index in [0.717, 1.165) is 24.8 Å². The van der Waals surface area contributed by atoms with Gasteiger partial charge in [-0.15, -0.1) is 0 Å². The third kappa shape index (κ3) is 3.62. The van der Waals surface area contributed by atoms with E-state index in [1.54, 1.807) is 0 Å². The minimum atomic E-state index is -0.996. The normalized spacial score (nSPS) is 11.2. The molecule has 22 heavy (non-hydrogen) atoms. The van der Waals surface area contributed by atoms with E-state index in [0.29, 0.717) is 16.6 Å². The molecule has 120 valence electrons. The van der Waals surface area contributed by atoms with Crippen molar-refractivity contribution in [3.63, 3.8) is 0 Å². The van der Waals surface area contributed by atoms with Crippen LogP contribution in [0, 0.1) is 0 Å². The van der Waals surface area contributed by atoms with Gasteiger partial charge in [-0.2, -0.15) is 15.4 Å². The Morgan fingerprint density at radius 3 is 2.64 bits per heavy atom. The van der Waals surface area contributed by atoms with Crippen molar-refractivity contribution in [3.05, 3.63) is 22.8 Å². The van der Waals surface area contributed by atoms with E-state index >= 15 is 0 Å². The van der Waals surface area contributed by atoms with E-state index in [1.807, 2.05) is 6.07 Å². The van der Waals surface area contributed by atoms with Gasteiger partial charge in [-0.1, -0.05) is 39.0 Å². The quantitative estimate of drug-likeness (QED) is 0.618. The SMILES string of the molecule is CCCCCCCCc1cc2n[nH]nc2c(C(=O)O)c1CN. The number of nitrogens with two attached hydrogens (primary N) is 1. The molecule has 0 bridgehead atoms. The molecule has 2 rings (SSSR count). The molecule has 1 aromatic heterocycles. The van der Waals surface area contributed by atoms with Crippen LogP contribution in [0.25, 0.3) is 11.0 Å². The molecule has 0 unspecified atom stereocenters. The second-order valence-corrected chi connectivity index (χ2v) is 5.61. The maximum absolute atomic E-state index is 11.6. The Balaban J connectivity index is 2.16. The fourth-order valence-corrected chi connectivity index (χ4v) is 2.86. The second kappa shape index (κ2) is 7.89. The zero-order chi connectivity index (χ0) is 15.9. The molecule has 0 spiro atoms. The number of carboxylic acid groups (broad SMARTS) is 1. The van der Waals surface area contributed by atoms with Crippen molar-refractivity contribution < 1.29 is 9.90 Å². The Bertz CT molecular complexity index is 636. The average Bonchev–Trinajstić information content (AvgIpc) is 2.96. The van der Waals surface area contributed by atoms with Gasteiger partial charge in [-0.3, -0.25) is 0 Å². The number of aromatic nitrogens is 3. The zero-order valence-corrected chi connectivity index (χ0v) is 13.1. The van der Waals surface area contributed by atoms with Crippen molar-refractivity contribution in [3.8, 4) is 0 Å². The number of hydrogen-bond acceptors (Lipinski definition) is 4. The molecule has 0 amide bonds. The molecule has 0 atom stereocenters. The number of carbonyl (C=O) groups is 1. The lowest BCUT2D eigenvalue weighted by Gasteiger charge is -2.11. The number of fused-ring (bicyclic) bond motifs is 1. The summed E-state index contributed by atoms with van der Waals surface area (Å²) in [5, 5.41) is 19.9. The number of aromatic carboxylic acids is 1.